The number of alkyl halides is 12. The van der Waals surface area contributed by atoms with Gasteiger partial charge in [0.25, 0.3) is 10.1 Å². The van der Waals surface area contributed by atoms with Crippen molar-refractivity contribution < 1.29 is 94.7 Å². The molecule has 0 aliphatic rings. The summed E-state index contributed by atoms with van der Waals surface area (Å²) in [5.74, 6) is -11.3. The maximum absolute atomic E-state index is 13.6. The molecule has 2 aromatic carbocycles. The van der Waals surface area contributed by atoms with E-state index in [0.717, 1.165) is 36.4 Å². The van der Waals surface area contributed by atoms with Crippen LogP contribution in [-0.2, 0) is 44.9 Å². The first kappa shape index (κ1) is 48.3. The number of hydrogen-bond acceptors (Lipinski definition) is 10. The monoisotopic (exact) mass is 865 g/mol. The summed E-state index contributed by atoms with van der Waals surface area (Å²) in [6.07, 6.45) is -23.9. The Morgan fingerprint density at radius 2 is 1.11 bits per heavy atom. The Morgan fingerprint density at radius 1 is 0.667 bits per heavy atom. The maximum Gasteiger partial charge on any atom is 0.471 e. The van der Waals surface area contributed by atoms with Crippen molar-refractivity contribution in [3.63, 3.8) is 0 Å². The smallest absolute Gasteiger partial charge is 0.343 e. The molecule has 27 heteroatoms. The highest BCUT2D eigenvalue weighted by atomic mass is 32.2. The minimum absolute atomic E-state index is 0.0238. The van der Waals surface area contributed by atoms with E-state index in [0.29, 0.717) is 5.56 Å². The number of aryl methyl sites for hydroxylation is 1. The van der Waals surface area contributed by atoms with Gasteiger partial charge in [0.15, 0.2) is 0 Å². The third-order valence-electron chi connectivity index (χ3n) is 7.41. The average molecular weight is 866 g/mol. The lowest BCUT2D eigenvalue weighted by Gasteiger charge is -2.33. The number of nitrogens with zero attached hydrogens (tertiary/aromatic N) is 3. The van der Waals surface area contributed by atoms with Crippen LogP contribution in [0.5, 0.6) is 0 Å². The molecule has 14 nitrogen and oxygen atoms in total. The summed E-state index contributed by atoms with van der Waals surface area (Å²) in [6.45, 7) is -8.58. The van der Waals surface area contributed by atoms with Crippen molar-refractivity contribution in [3.05, 3.63) is 59.7 Å². The van der Waals surface area contributed by atoms with Gasteiger partial charge >= 0.3 is 48.3 Å². The van der Waals surface area contributed by atoms with Crippen LogP contribution in [0.15, 0.2) is 53.4 Å². The summed E-state index contributed by atoms with van der Waals surface area (Å²) in [5, 5.41) is 9.80. The molecule has 3 N–H and O–H groups in total. The largest absolute Gasteiger partial charge is 0.471 e. The minimum Gasteiger partial charge on any atom is -0.343 e. The molecule has 1 atom stereocenters. The van der Waals surface area contributed by atoms with Crippen LogP contribution in [0, 0.1) is 6.92 Å². The van der Waals surface area contributed by atoms with Gasteiger partial charge in [-0.3, -0.25) is 23.4 Å². The van der Waals surface area contributed by atoms with E-state index in [9.17, 15) is 80.3 Å². The maximum atomic E-state index is 13.6. The van der Waals surface area contributed by atoms with E-state index >= 15 is 0 Å². The summed E-state index contributed by atoms with van der Waals surface area (Å²) in [7, 11) is -4.65. The fraction of sp³-hybridized carbons (Fsp3) is 0.467. The number of anilines is 1. The van der Waals surface area contributed by atoms with Crippen LogP contribution in [-0.4, -0.2) is 129 Å². The molecule has 4 amide bonds. The van der Waals surface area contributed by atoms with Crippen molar-refractivity contribution in [2.24, 2.45) is 0 Å². The van der Waals surface area contributed by atoms with Crippen LogP contribution in [0.1, 0.15) is 11.1 Å². The Kier molecular flexibility index (Phi) is 16.5. The highest BCUT2D eigenvalue weighted by Crippen LogP contribution is 2.24. The van der Waals surface area contributed by atoms with Gasteiger partial charge in [0.05, 0.1) is 23.2 Å². The molecular formula is C30H31F12N5O9S. The summed E-state index contributed by atoms with van der Waals surface area (Å²) >= 11 is 0. The zero-order chi connectivity index (χ0) is 43.6. The molecule has 57 heavy (non-hydrogen) atoms. The Morgan fingerprint density at radius 3 is 1.54 bits per heavy atom. The van der Waals surface area contributed by atoms with Gasteiger partial charge in [-0.1, -0.05) is 29.8 Å². The molecule has 1 unspecified atom stereocenters. The van der Waals surface area contributed by atoms with Gasteiger partial charge in [-0.05, 0) is 43.2 Å². The number of carbonyl (C=O) groups excluding carboxylic acids is 4. The molecule has 0 heterocycles. The van der Waals surface area contributed by atoms with Gasteiger partial charge in [0, 0.05) is 39.3 Å². The zero-order valence-corrected chi connectivity index (χ0v) is 29.7. The highest BCUT2D eigenvalue weighted by molar-refractivity contribution is 7.86. The second-order valence-electron chi connectivity index (χ2n) is 11.7. The summed E-state index contributed by atoms with van der Waals surface area (Å²) < 4.78 is 191. The Bertz CT molecular complexity index is 1790. The minimum atomic E-state index is -5.87. The molecule has 0 saturated heterocycles. The third kappa shape index (κ3) is 15.5. The van der Waals surface area contributed by atoms with Crippen molar-refractivity contribution in [2.75, 3.05) is 51.4 Å². The second-order valence-corrected chi connectivity index (χ2v) is 13.3. The van der Waals surface area contributed by atoms with Crippen molar-refractivity contribution >= 4 is 39.4 Å². The quantitative estimate of drug-likeness (QED) is 0.0861. The molecule has 0 spiro atoms. The molecule has 0 aromatic heterocycles. The summed E-state index contributed by atoms with van der Waals surface area (Å²) in [4.78, 5) is 50.7. The van der Waals surface area contributed by atoms with Gasteiger partial charge < -0.3 is 20.0 Å². The number of benzene rings is 2. The van der Waals surface area contributed by atoms with Gasteiger partial charge in [0.1, 0.15) is 0 Å². The van der Waals surface area contributed by atoms with Crippen LogP contribution in [0.2, 0.25) is 0 Å². The van der Waals surface area contributed by atoms with Crippen LogP contribution < -0.4 is 10.8 Å². The normalized spacial score (nSPS) is 13.1. The van der Waals surface area contributed by atoms with Crippen molar-refractivity contribution in [2.45, 2.75) is 49.0 Å². The molecule has 0 fully saturated rings. The number of nitrogens with one attached hydrogen (secondary N) is 2. The standard InChI is InChI=1S/C30H31F12N5O9S/c1-18-2-8-22(9-3-18)57(53,54)55-15-14-46(25(50)29(37,38)39)11-10-45(24(49)28(34,35)36)12-13-47(26(51)30(40,41)42)17-21(43-23(48)27(31,32)33)16-19-4-6-20(7-5-19)44-56-52/h2-9,21,44,52H,10-17H2,1H3,(H,43,48). The van der Waals surface area contributed by atoms with E-state index in [2.05, 4.69) is 9.17 Å². The first-order valence-corrected chi connectivity index (χ1v) is 17.0. The molecule has 0 saturated carbocycles. The van der Waals surface area contributed by atoms with E-state index < -0.39 is 127 Å². The van der Waals surface area contributed by atoms with Crippen LogP contribution in [0.25, 0.3) is 0 Å². The number of hydrogen-bond donors (Lipinski definition) is 3. The highest BCUT2D eigenvalue weighted by Gasteiger charge is 2.47. The first-order valence-electron chi connectivity index (χ1n) is 15.6. The van der Waals surface area contributed by atoms with Crippen LogP contribution >= 0.6 is 0 Å². The number of carbonyl (C=O) groups is 4. The number of amides is 4. The lowest BCUT2D eigenvalue weighted by atomic mass is 10.0. The second kappa shape index (κ2) is 19.5. The predicted molar refractivity (Wildman–Crippen MR) is 168 cm³/mol. The molecule has 0 aliphatic carbocycles. The number of halogens is 12. The van der Waals surface area contributed by atoms with Gasteiger partial charge in [0.2, 0.25) is 0 Å². The molecule has 0 aliphatic heterocycles. The lowest BCUT2D eigenvalue weighted by Crippen LogP contribution is -2.55. The van der Waals surface area contributed by atoms with Gasteiger partial charge in [-0.25, -0.2) is 10.7 Å². The van der Waals surface area contributed by atoms with E-state index in [1.165, 1.54) is 17.4 Å². The SMILES string of the molecule is Cc1ccc(S(=O)(=O)OCCN(CCN(CCN(CC(Cc2ccc(NOO)cc2)NC(=O)C(F)(F)F)C(=O)C(F)(F)F)C(=O)C(F)(F)F)C(=O)C(F)(F)F)cc1. The lowest BCUT2D eigenvalue weighted by molar-refractivity contribution is -0.215. The average Bonchev–Trinajstić information content (AvgIpc) is 3.08. The molecular weight excluding hydrogens is 834 g/mol. The van der Waals surface area contributed by atoms with Crippen LogP contribution in [0.4, 0.5) is 58.4 Å². The van der Waals surface area contributed by atoms with E-state index in [1.807, 2.05) is 5.48 Å². The summed E-state index contributed by atoms with van der Waals surface area (Å²) in [5.41, 5.74) is 2.56. The predicted octanol–water partition coefficient (Wildman–Crippen LogP) is 3.98. The van der Waals surface area contributed by atoms with Gasteiger partial charge in [-0.15, -0.1) is 4.99 Å². The first-order chi connectivity index (χ1) is 26.1. The third-order valence-corrected chi connectivity index (χ3v) is 8.74. The molecule has 320 valence electrons. The van der Waals surface area contributed by atoms with Gasteiger partial charge in [-0.2, -0.15) is 61.1 Å². The topological polar surface area (TPSA) is 175 Å². The summed E-state index contributed by atoms with van der Waals surface area (Å²) in [6, 6.07) is 7.22. The molecule has 2 aromatic rings. The molecule has 0 radical (unpaired) electrons. The number of rotatable bonds is 18. The Balaban J connectivity index is 2.40. The van der Waals surface area contributed by atoms with E-state index in [4.69, 9.17) is 5.26 Å². The van der Waals surface area contributed by atoms with Crippen LogP contribution in [0.3, 0.4) is 0 Å². The Labute approximate surface area is 314 Å². The fourth-order valence-electron chi connectivity index (χ4n) is 4.70. The van der Waals surface area contributed by atoms with E-state index in [1.54, 1.807) is 6.92 Å². The molecule has 2 rings (SSSR count). The Hall–Kier alpha value is -4.89. The van der Waals surface area contributed by atoms with E-state index in [-0.39, 0.29) is 21.1 Å². The molecule has 0 bridgehead atoms. The van der Waals surface area contributed by atoms with Crippen molar-refractivity contribution in [1.29, 1.82) is 0 Å². The van der Waals surface area contributed by atoms with Crippen molar-refractivity contribution in [1.82, 2.24) is 20.0 Å². The van der Waals surface area contributed by atoms with Crippen molar-refractivity contribution in [3.8, 4) is 0 Å². The zero-order valence-electron chi connectivity index (χ0n) is 28.9. The fourth-order valence-corrected chi connectivity index (χ4v) is 5.60.